The van der Waals surface area contributed by atoms with E-state index in [4.69, 9.17) is 10.5 Å². The molecule has 144 valence electrons. The van der Waals surface area contributed by atoms with Crippen molar-refractivity contribution in [3.05, 3.63) is 23.8 Å². The van der Waals surface area contributed by atoms with E-state index in [0.717, 1.165) is 30.7 Å². The number of unbranched alkanes of at least 4 members (excludes halogenated alkanes) is 1. The van der Waals surface area contributed by atoms with E-state index in [-0.39, 0.29) is 12.4 Å². The van der Waals surface area contributed by atoms with Crippen LogP contribution in [0.1, 0.15) is 65.4 Å². The number of aryl methyl sites for hydroxylation is 1. The van der Waals surface area contributed by atoms with Crippen molar-refractivity contribution in [1.82, 2.24) is 0 Å². The predicted octanol–water partition coefficient (Wildman–Crippen LogP) is 4.27. The standard InChI is InChI=1S/C21H37NO3/c1-16(2)7-5-6-12-25-19-9-8-18(20(24)13-19)10-11-21(22,15-23)14-17(3)4/h8-9,13,16-17,23-24H,5-7,10-12,14-15,22H2,1-4H3/t21-/m0/s1. The Morgan fingerprint density at radius 2 is 1.84 bits per heavy atom. The van der Waals surface area contributed by atoms with Crippen LogP contribution in [0.15, 0.2) is 18.2 Å². The molecule has 0 amide bonds. The van der Waals surface area contributed by atoms with Crippen molar-refractivity contribution in [3.8, 4) is 11.5 Å². The maximum Gasteiger partial charge on any atom is 0.122 e. The Morgan fingerprint density at radius 1 is 1.12 bits per heavy atom. The van der Waals surface area contributed by atoms with Crippen LogP contribution in [-0.2, 0) is 6.42 Å². The van der Waals surface area contributed by atoms with Crippen LogP contribution in [0.2, 0.25) is 0 Å². The summed E-state index contributed by atoms with van der Waals surface area (Å²) >= 11 is 0. The summed E-state index contributed by atoms with van der Waals surface area (Å²) in [4.78, 5) is 0. The van der Waals surface area contributed by atoms with Gasteiger partial charge in [-0.15, -0.1) is 0 Å². The van der Waals surface area contributed by atoms with Crippen LogP contribution in [0.5, 0.6) is 11.5 Å². The molecule has 1 atom stereocenters. The molecule has 1 rings (SSSR count). The lowest BCUT2D eigenvalue weighted by Gasteiger charge is -2.29. The molecule has 0 saturated heterocycles. The van der Waals surface area contributed by atoms with Gasteiger partial charge in [-0.05, 0) is 55.6 Å². The lowest BCUT2D eigenvalue weighted by molar-refractivity contribution is 0.165. The van der Waals surface area contributed by atoms with E-state index in [1.54, 1.807) is 6.07 Å². The third-order valence-electron chi connectivity index (χ3n) is 4.52. The average Bonchev–Trinajstić information content (AvgIpc) is 2.53. The summed E-state index contributed by atoms with van der Waals surface area (Å²) in [5.41, 5.74) is 6.54. The Bertz CT molecular complexity index is 502. The highest BCUT2D eigenvalue weighted by Crippen LogP contribution is 2.27. The molecule has 1 aromatic rings. The van der Waals surface area contributed by atoms with Gasteiger partial charge < -0.3 is 20.7 Å². The van der Waals surface area contributed by atoms with Gasteiger partial charge in [-0.2, -0.15) is 0 Å². The van der Waals surface area contributed by atoms with Crippen LogP contribution >= 0.6 is 0 Å². The fourth-order valence-corrected chi connectivity index (χ4v) is 3.13. The first-order valence-electron chi connectivity index (χ1n) is 9.60. The molecule has 0 bridgehead atoms. The SMILES string of the molecule is CC(C)CCCCOc1ccc(CC[C@@](N)(CO)CC(C)C)c(O)c1. The van der Waals surface area contributed by atoms with Crippen molar-refractivity contribution in [2.24, 2.45) is 17.6 Å². The van der Waals surface area contributed by atoms with Gasteiger partial charge in [0.15, 0.2) is 0 Å². The van der Waals surface area contributed by atoms with Gasteiger partial charge in [0, 0.05) is 11.6 Å². The van der Waals surface area contributed by atoms with E-state index in [1.165, 1.54) is 6.42 Å². The topological polar surface area (TPSA) is 75.7 Å². The van der Waals surface area contributed by atoms with E-state index < -0.39 is 5.54 Å². The minimum absolute atomic E-state index is 0.0382. The molecule has 0 aliphatic heterocycles. The second-order valence-electron chi connectivity index (χ2n) is 8.15. The predicted molar refractivity (Wildman–Crippen MR) is 104 cm³/mol. The second kappa shape index (κ2) is 10.7. The zero-order valence-corrected chi connectivity index (χ0v) is 16.4. The minimum Gasteiger partial charge on any atom is -0.508 e. The van der Waals surface area contributed by atoms with E-state index in [2.05, 4.69) is 27.7 Å². The molecule has 0 aliphatic rings. The average molecular weight is 352 g/mol. The third-order valence-corrected chi connectivity index (χ3v) is 4.52. The molecule has 0 saturated carbocycles. The monoisotopic (exact) mass is 351 g/mol. The Kier molecular flexibility index (Phi) is 9.30. The molecular formula is C21H37NO3. The highest BCUT2D eigenvalue weighted by molar-refractivity contribution is 5.39. The minimum atomic E-state index is -0.591. The van der Waals surface area contributed by atoms with E-state index in [0.29, 0.717) is 31.1 Å². The van der Waals surface area contributed by atoms with Crippen molar-refractivity contribution in [3.63, 3.8) is 0 Å². The number of phenols is 1. The van der Waals surface area contributed by atoms with E-state index >= 15 is 0 Å². The maximum atomic E-state index is 10.2. The number of hydrogen-bond acceptors (Lipinski definition) is 4. The maximum absolute atomic E-state index is 10.2. The molecule has 25 heavy (non-hydrogen) atoms. The Balaban J connectivity index is 2.49. The molecule has 4 N–H and O–H groups in total. The van der Waals surface area contributed by atoms with E-state index in [9.17, 15) is 10.2 Å². The number of aliphatic hydroxyl groups is 1. The van der Waals surface area contributed by atoms with Crippen molar-refractivity contribution in [2.75, 3.05) is 13.2 Å². The molecule has 0 radical (unpaired) electrons. The molecule has 4 nitrogen and oxygen atoms in total. The summed E-state index contributed by atoms with van der Waals surface area (Å²) in [6, 6.07) is 5.47. The fraction of sp³-hybridized carbons (Fsp3) is 0.714. The first kappa shape index (κ1) is 21.8. The Labute approximate surface area is 153 Å². The van der Waals surface area contributed by atoms with Gasteiger partial charge in [0.25, 0.3) is 0 Å². The number of phenolic OH excluding ortho intramolecular Hbond substituents is 1. The van der Waals surface area contributed by atoms with Crippen LogP contribution < -0.4 is 10.5 Å². The summed E-state index contributed by atoms with van der Waals surface area (Å²) in [6.45, 7) is 9.29. The molecule has 0 aromatic heterocycles. The molecular weight excluding hydrogens is 314 g/mol. The first-order chi connectivity index (χ1) is 11.8. The van der Waals surface area contributed by atoms with Gasteiger partial charge in [0.1, 0.15) is 11.5 Å². The summed E-state index contributed by atoms with van der Waals surface area (Å²) in [7, 11) is 0. The second-order valence-corrected chi connectivity index (χ2v) is 8.15. The summed E-state index contributed by atoms with van der Waals surface area (Å²) in [6.07, 6.45) is 5.46. The first-order valence-corrected chi connectivity index (χ1v) is 9.60. The highest BCUT2D eigenvalue weighted by atomic mass is 16.5. The van der Waals surface area contributed by atoms with Crippen LogP contribution in [0.4, 0.5) is 0 Å². The Morgan fingerprint density at radius 3 is 2.40 bits per heavy atom. The smallest absolute Gasteiger partial charge is 0.122 e. The summed E-state index contributed by atoms with van der Waals surface area (Å²) in [5.74, 6) is 2.10. The lowest BCUT2D eigenvalue weighted by Crippen LogP contribution is -2.45. The number of ether oxygens (including phenoxy) is 1. The molecule has 0 spiro atoms. The molecule has 0 heterocycles. The van der Waals surface area contributed by atoms with Gasteiger partial charge in [0.2, 0.25) is 0 Å². The number of hydrogen-bond donors (Lipinski definition) is 3. The third kappa shape index (κ3) is 8.59. The summed E-state index contributed by atoms with van der Waals surface area (Å²) in [5, 5.41) is 19.8. The zero-order chi connectivity index (χ0) is 18.9. The van der Waals surface area contributed by atoms with Gasteiger partial charge in [0.05, 0.1) is 13.2 Å². The molecule has 1 aromatic carbocycles. The normalized spacial score (nSPS) is 14.1. The van der Waals surface area contributed by atoms with Gasteiger partial charge in [-0.25, -0.2) is 0 Å². The zero-order valence-electron chi connectivity index (χ0n) is 16.4. The number of nitrogens with two attached hydrogens (primary N) is 1. The van der Waals surface area contributed by atoms with Crippen molar-refractivity contribution < 1.29 is 14.9 Å². The van der Waals surface area contributed by atoms with Gasteiger partial charge in [-0.1, -0.05) is 40.2 Å². The van der Waals surface area contributed by atoms with Crippen LogP contribution in [0.3, 0.4) is 0 Å². The summed E-state index contributed by atoms with van der Waals surface area (Å²) < 4.78 is 5.72. The van der Waals surface area contributed by atoms with Crippen molar-refractivity contribution >= 4 is 0 Å². The largest absolute Gasteiger partial charge is 0.508 e. The van der Waals surface area contributed by atoms with Crippen molar-refractivity contribution in [2.45, 2.75) is 71.8 Å². The van der Waals surface area contributed by atoms with Crippen LogP contribution in [-0.4, -0.2) is 29.0 Å². The molecule has 0 fully saturated rings. The number of benzene rings is 1. The molecule has 4 heteroatoms. The van der Waals surface area contributed by atoms with Crippen LogP contribution in [0.25, 0.3) is 0 Å². The number of aromatic hydroxyl groups is 1. The fourth-order valence-electron chi connectivity index (χ4n) is 3.13. The van der Waals surface area contributed by atoms with Gasteiger partial charge >= 0.3 is 0 Å². The number of rotatable bonds is 12. The lowest BCUT2D eigenvalue weighted by atomic mass is 9.85. The quantitative estimate of drug-likeness (QED) is 0.492. The van der Waals surface area contributed by atoms with Crippen molar-refractivity contribution in [1.29, 1.82) is 0 Å². The molecule has 0 aliphatic carbocycles. The Hall–Kier alpha value is -1.26. The van der Waals surface area contributed by atoms with E-state index in [1.807, 2.05) is 12.1 Å². The highest BCUT2D eigenvalue weighted by Gasteiger charge is 2.25. The van der Waals surface area contributed by atoms with Gasteiger partial charge in [-0.3, -0.25) is 0 Å². The molecule has 0 unspecified atom stereocenters. The number of aliphatic hydroxyl groups excluding tert-OH is 1. The van der Waals surface area contributed by atoms with Crippen LogP contribution in [0, 0.1) is 11.8 Å².